The van der Waals surface area contributed by atoms with Crippen LogP contribution in [0.25, 0.3) is 99.9 Å². The summed E-state index contributed by atoms with van der Waals surface area (Å²) in [7, 11) is 0. The summed E-state index contributed by atoms with van der Waals surface area (Å²) in [4.78, 5) is 14.4. The van der Waals surface area contributed by atoms with Crippen molar-refractivity contribution in [2.24, 2.45) is 0 Å². The van der Waals surface area contributed by atoms with Crippen LogP contribution in [-0.2, 0) is 0 Å². The van der Waals surface area contributed by atoms with Crippen molar-refractivity contribution in [2.45, 2.75) is 0 Å². The second-order valence-corrected chi connectivity index (χ2v) is 12.4. The Balaban J connectivity index is 1.25. The topological polar surface area (TPSA) is 38.7 Å². The Labute approximate surface area is 335 Å². The van der Waals surface area contributed by atoms with Crippen LogP contribution in [0.5, 0.6) is 0 Å². The van der Waals surface area contributed by atoms with Gasteiger partial charge in [0.25, 0.3) is 0 Å². The molecule has 3 heteroatoms. The molecule has 9 aromatic carbocycles. The van der Waals surface area contributed by atoms with Crippen molar-refractivity contribution >= 4 is 32.3 Å². The molecule has 54 heavy (non-hydrogen) atoms. The third-order valence-electron chi connectivity index (χ3n) is 9.13. The van der Waals surface area contributed by atoms with Gasteiger partial charge >= 0.3 is 0 Å². The molecular weight excluding hydrogens is 655 g/mol. The van der Waals surface area contributed by atoms with Gasteiger partial charge in [-0.1, -0.05) is 182 Å². The highest BCUT2D eigenvalue weighted by atomic mass is 15.0. The van der Waals surface area contributed by atoms with Gasteiger partial charge in [-0.05, 0) is 83.9 Å². The summed E-state index contributed by atoms with van der Waals surface area (Å²) in [5.41, 5.74) is 3.22. The SMILES string of the molecule is [2H]c1c([2H])c(-c2c([2H])c([2H])c3c4c([2H])c([2H])c([2H])c([2H])c4c4c([2H])c([2H])c([2H])c([2H])c4c3c2[2H])c([2H])c([2H])c1-c1nc(-c2cccc(-c3ccccc3)c2)nc(-c2cccc(-c3ccccc3)c2)n1. The van der Waals surface area contributed by atoms with Crippen molar-refractivity contribution in [2.75, 3.05) is 0 Å². The molecule has 0 spiro atoms. The first-order chi connectivity index (χ1) is 33.0. The lowest BCUT2D eigenvalue weighted by atomic mass is 9.92. The summed E-state index contributed by atoms with van der Waals surface area (Å²) >= 11 is 0. The number of aromatic nitrogens is 3. The van der Waals surface area contributed by atoms with Crippen LogP contribution >= 0.6 is 0 Å². The average Bonchev–Trinajstić information content (AvgIpc) is 3.37. The van der Waals surface area contributed by atoms with Crippen molar-refractivity contribution in [3.63, 3.8) is 0 Å². The van der Waals surface area contributed by atoms with Crippen molar-refractivity contribution in [3.05, 3.63) is 200 Å². The summed E-state index contributed by atoms with van der Waals surface area (Å²) in [6, 6.07) is 23.6. The Bertz CT molecular complexity index is 3670. The Morgan fingerprint density at radius 2 is 0.648 bits per heavy atom. The lowest BCUT2D eigenvalue weighted by Crippen LogP contribution is -2.00. The van der Waals surface area contributed by atoms with E-state index in [9.17, 15) is 9.60 Å². The van der Waals surface area contributed by atoms with E-state index in [2.05, 4.69) is 0 Å². The Morgan fingerprint density at radius 3 is 1.15 bits per heavy atom. The quantitative estimate of drug-likeness (QED) is 0.162. The van der Waals surface area contributed by atoms with E-state index >= 15 is 0 Å². The molecule has 10 aromatic rings. The molecule has 0 aliphatic heterocycles. The first-order valence-corrected chi connectivity index (χ1v) is 17.1. The Hall–Kier alpha value is -7.23. The molecule has 1 aromatic heterocycles. The van der Waals surface area contributed by atoms with E-state index in [0.29, 0.717) is 11.1 Å². The zero-order chi connectivity index (χ0) is 48.9. The van der Waals surface area contributed by atoms with Gasteiger partial charge in [-0.25, -0.2) is 15.0 Å². The van der Waals surface area contributed by atoms with Crippen LogP contribution in [0.2, 0.25) is 0 Å². The molecule has 0 aliphatic carbocycles. The number of hydrogen-bond donors (Lipinski definition) is 0. The lowest BCUT2D eigenvalue weighted by Gasteiger charge is -2.12. The monoisotopic (exact) mass is 702 g/mol. The van der Waals surface area contributed by atoms with Crippen molar-refractivity contribution in [3.8, 4) is 67.5 Å². The third kappa shape index (κ3) is 5.78. The zero-order valence-corrected chi connectivity index (χ0v) is 28.2. The highest BCUT2D eigenvalue weighted by Crippen LogP contribution is 2.38. The minimum atomic E-state index is -0.781. The molecule has 0 aliphatic rings. The minimum Gasteiger partial charge on any atom is -0.208 e. The predicted molar refractivity (Wildman–Crippen MR) is 225 cm³/mol. The number of rotatable bonds is 6. The highest BCUT2D eigenvalue weighted by molar-refractivity contribution is 6.25. The summed E-state index contributed by atoms with van der Waals surface area (Å²) in [5.74, 6) is 0.111. The summed E-state index contributed by atoms with van der Waals surface area (Å²) < 4.78 is 136. The van der Waals surface area contributed by atoms with E-state index in [1.54, 1.807) is 12.1 Å². The van der Waals surface area contributed by atoms with Crippen LogP contribution in [0, 0.1) is 0 Å². The maximum atomic E-state index is 9.67. The van der Waals surface area contributed by atoms with Crippen molar-refractivity contribution < 1.29 is 20.6 Å². The third-order valence-corrected chi connectivity index (χ3v) is 9.13. The number of hydrogen-bond acceptors (Lipinski definition) is 3. The number of nitrogens with zero attached hydrogens (tertiary/aromatic N) is 3. The summed E-state index contributed by atoms with van der Waals surface area (Å²) in [6.45, 7) is 0. The maximum absolute atomic E-state index is 9.67. The van der Waals surface area contributed by atoms with Gasteiger partial charge in [-0.3, -0.25) is 0 Å². The van der Waals surface area contributed by atoms with Gasteiger partial charge in [0.2, 0.25) is 0 Å². The van der Waals surface area contributed by atoms with Crippen LogP contribution < -0.4 is 0 Å². The van der Waals surface area contributed by atoms with E-state index in [1.165, 1.54) is 0 Å². The second kappa shape index (κ2) is 13.4. The highest BCUT2D eigenvalue weighted by Gasteiger charge is 2.15. The largest absolute Gasteiger partial charge is 0.208 e. The van der Waals surface area contributed by atoms with Gasteiger partial charge in [0.15, 0.2) is 17.5 Å². The predicted octanol–water partition coefficient (Wildman–Crippen LogP) is 13.3. The van der Waals surface area contributed by atoms with E-state index in [0.717, 1.165) is 22.3 Å². The van der Waals surface area contributed by atoms with Gasteiger partial charge < -0.3 is 0 Å². The first-order valence-electron chi connectivity index (χ1n) is 24.6. The van der Waals surface area contributed by atoms with E-state index < -0.39 is 107 Å². The fraction of sp³-hybridized carbons (Fsp3) is 0. The zero-order valence-electron chi connectivity index (χ0n) is 43.2. The lowest BCUT2D eigenvalue weighted by molar-refractivity contribution is 1.07. The van der Waals surface area contributed by atoms with E-state index in [-0.39, 0.29) is 50.0 Å². The Morgan fingerprint density at radius 1 is 0.278 bits per heavy atom. The first kappa shape index (κ1) is 19.6. The van der Waals surface area contributed by atoms with Gasteiger partial charge in [-0.15, -0.1) is 0 Å². The molecule has 252 valence electrons. The van der Waals surface area contributed by atoms with Crippen molar-refractivity contribution in [1.82, 2.24) is 15.0 Å². The van der Waals surface area contributed by atoms with Gasteiger partial charge in [0.1, 0.15) is 0 Å². The van der Waals surface area contributed by atoms with E-state index in [1.807, 2.05) is 97.1 Å². The molecule has 0 unspecified atom stereocenters. The molecule has 0 atom stereocenters. The van der Waals surface area contributed by atoms with Gasteiger partial charge in [0.05, 0.1) is 20.6 Å². The van der Waals surface area contributed by atoms with Crippen LogP contribution in [0.1, 0.15) is 20.6 Å². The van der Waals surface area contributed by atoms with Crippen molar-refractivity contribution in [1.29, 1.82) is 0 Å². The molecule has 0 amide bonds. The molecule has 0 saturated heterocycles. The normalized spacial score (nSPS) is 15.2. The fourth-order valence-electron chi connectivity index (χ4n) is 6.51. The fourth-order valence-corrected chi connectivity index (χ4v) is 6.51. The average molecular weight is 703 g/mol. The van der Waals surface area contributed by atoms with Gasteiger partial charge in [0, 0.05) is 16.7 Å². The molecule has 0 saturated carbocycles. The molecule has 0 bridgehead atoms. The summed E-state index contributed by atoms with van der Waals surface area (Å²) in [5, 5.41) is -2.19. The maximum Gasteiger partial charge on any atom is 0.164 e. The number of fused-ring (bicyclic) bond motifs is 6. The van der Waals surface area contributed by atoms with Crippen LogP contribution in [-0.4, -0.2) is 15.0 Å². The summed E-state index contributed by atoms with van der Waals surface area (Å²) in [6.07, 6.45) is 0. The van der Waals surface area contributed by atoms with Crippen LogP contribution in [0.3, 0.4) is 0 Å². The van der Waals surface area contributed by atoms with Gasteiger partial charge in [-0.2, -0.15) is 0 Å². The molecular formula is C51H33N3. The molecule has 10 rings (SSSR count). The second-order valence-electron chi connectivity index (χ2n) is 12.4. The van der Waals surface area contributed by atoms with Crippen LogP contribution in [0.4, 0.5) is 0 Å². The van der Waals surface area contributed by atoms with E-state index in [4.69, 9.17) is 25.9 Å². The molecule has 3 nitrogen and oxygen atoms in total. The Kier molecular flexibility index (Phi) is 4.85. The smallest absolute Gasteiger partial charge is 0.164 e. The van der Waals surface area contributed by atoms with Crippen LogP contribution in [0.15, 0.2) is 200 Å². The molecule has 1 heterocycles. The molecule has 0 N–H and O–H groups in total. The standard InChI is InChI=1S/C51H33N3/c1-3-13-34(14-4-1)38-17-11-19-41(31-38)50-52-49(53-51(54-50)42-20-12-18-39(32-42)35-15-5-2-6-16-35)37-27-25-36(26-28-37)40-29-30-47-45-23-8-7-21-43(45)44-22-9-10-24-46(44)48(47)33-40/h1-33H/i7D,8D,9D,10D,21D,22D,23D,24D,25D,26D,27D,28D,29D,30D,33D. The molecule has 0 fully saturated rings. The number of benzene rings is 9. The minimum absolute atomic E-state index is 0.163. The molecule has 0 radical (unpaired) electrons.